The summed E-state index contributed by atoms with van der Waals surface area (Å²) in [6, 6.07) is 1.91. The highest BCUT2D eigenvalue weighted by atomic mass is 32.1. The SMILES string of the molecule is CCCC(C)(C)NC(=O)c1sc2nccc(C)c2c1N. The Labute approximate surface area is 123 Å². The predicted molar refractivity (Wildman–Crippen MR) is 85.2 cm³/mol. The summed E-state index contributed by atoms with van der Waals surface area (Å²) in [4.78, 5) is 18.1. The number of fused-ring (bicyclic) bond motifs is 1. The molecular weight excluding hydrogens is 270 g/mol. The molecule has 0 aliphatic rings. The molecule has 0 saturated carbocycles. The molecule has 2 aromatic rings. The van der Waals surface area contributed by atoms with Crippen molar-refractivity contribution >= 4 is 33.1 Å². The van der Waals surface area contributed by atoms with Gasteiger partial charge in [-0.05, 0) is 38.8 Å². The predicted octanol–water partition coefficient (Wildman–Crippen LogP) is 3.50. The van der Waals surface area contributed by atoms with Crippen molar-refractivity contribution in [3.63, 3.8) is 0 Å². The molecule has 0 aromatic carbocycles. The van der Waals surface area contributed by atoms with Crippen LogP contribution in [0.1, 0.15) is 48.8 Å². The third-order valence-corrected chi connectivity index (χ3v) is 4.48. The first kappa shape index (κ1) is 14.8. The lowest BCUT2D eigenvalue weighted by Crippen LogP contribution is -2.43. The van der Waals surface area contributed by atoms with E-state index in [0.29, 0.717) is 10.6 Å². The second kappa shape index (κ2) is 5.40. The van der Waals surface area contributed by atoms with Crippen molar-refractivity contribution in [3.05, 3.63) is 22.7 Å². The quantitative estimate of drug-likeness (QED) is 0.906. The Bertz CT molecular complexity index is 646. The van der Waals surface area contributed by atoms with E-state index in [9.17, 15) is 4.79 Å². The van der Waals surface area contributed by atoms with Gasteiger partial charge in [0.25, 0.3) is 5.91 Å². The molecule has 0 aliphatic heterocycles. The number of anilines is 1. The van der Waals surface area contributed by atoms with Crippen molar-refractivity contribution in [2.75, 3.05) is 5.73 Å². The minimum absolute atomic E-state index is 0.108. The van der Waals surface area contributed by atoms with Gasteiger partial charge in [0.2, 0.25) is 0 Å². The molecular formula is C15H21N3OS. The van der Waals surface area contributed by atoms with E-state index in [1.807, 2.05) is 26.8 Å². The number of aryl methyl sites for hydroxylation is 1. The Balaban J connectivity index is 2.36. The lowest BCUT2D eigenvalue weighted by Gasteiger charge is -2.25. The maximum absolute atomic E-state index is 12.4. The summed E-state index contributed by atoms with van der Waals surface area (Å²) in [5, 5.41) is 3.96. The van der Waals surface area contributed by atoms with E-state index in [4.69, 9.17) is 5.73 Å². The zero-order chi connectivity index (χ0) is 14.9. The van der Waals surface area contributed by atoms with Crippen molar-refractivity contribution in [2.24, 2.45) is 0 Å². The molecule has 2 rings (SSSR count). The molecule has 2 heterocycles. The van der Waals surface area contributed by atoms with Crippen LogP contribution in [0.5, 0.6) is 0 Å². The summed E-state index contributed by atoms with van der Waals surface area (Å²) in [6.07, 6.45) is 3.70. The molecule has 108 valence electrons. The van der Waals surface area contributed by atoms with Gasteiger partial charge in [0.05, 0.1) is 5.69 Å². The molecule has 0 aliphatic carbocycles. The molecule has 0 bridgehead atoms. The number of nitrogen functional groups attached to an aromatic ring is 1. The van der Waals surface area contributed by atoms with Crippen molar-refractivity contribution in [2.45, 2.75) is 46.1 Å². The molecule has 0 spiro atoms. The molecule has 3 N–H and O–H groups in total. The van der Waals surface area contributed by atoms with E-state index in [2.05, 4.69) is 17.2 Å². The minimum atomic E-state index is -0.225. The van der Waals surface area contributed by atoms with Gasteiger partial charge >= 0.3 is 0 Å². The van der Waals surface area contributed by atoms with E-state index in [1.165, 1.54) is 11.3 Å². The van der Waals surface area contributed by atoms with Crippen molar-refractivity contribution < 1.29 is 4.79 Å². The molecule has 0 radical (unpaired) electrons. The summed E-state index contributed by atoms with van der Waals surface area (Å²) in [5.74, 6) is -0.108. The second-order valence-electron chi connectivity index (χ2n) is 5.74. The third-order valence-electron chi connectivity index (χ3n) is 3.37. The van der Waals surface area contributed by atoms with Crippen molar-refractivity contribution in [1.82, 2.24) is 10.3 Å². The summed E-state index contributed by atoms with van der Waals surface area (Å²) in [7, 11) is 0. The van der Waals surface area contributed by atoms with Gasteiger partial charge in [-0.15, -0.1) is 11.3 Å². The number of thiophene rings is 1. The standard InChI is InChI=1S/C15H21N3OS/c1-5-7-15(3,4)18-13(19)12-11(16)10-9(2)6-8-17-14(10)20-12/h6,8H,5,7,16H2,1-4H3,(H,18,19). The van der Waals surface area contributed by atoms with Crippen LogP contribution >= 0.6 is 11.3 Å². The van der Waals surface area contributed by atoms with Gasteiger partial charge in [0, 0.05) is 17.1 Å². The van der Waals surface area contributed by atoms with Crippen LogP contribution in [0.2, 0.25) is 0 Å². The van der Waals surface area contributed by atoms with Crippen molar-refractivity contribution in [3.8, 4) is 0 Å². The van der Waals surface area contributed by atoms with Crippen LogP contribution < -0.4 is 11.1 Å². The summed E-state index contributed by atoms with van der Waals surface area (Å²) < 4.78 is 0. The molecule has 0 unspecified atom stereocenters. The smallest absolute Gasteiger partial charge is 0.263 e. The fourth-order valence-corrected chi connectivity index (χ4v) is 3.46. The van der Waals surface area contributed by atoms with Crippen molar-refractivity contribution in [1.29, 1.82) is 0 Å². The maximum atomic E-state index is 12.4. The normalized spacial score (nSPS) is 11.8. The Kier molecular flexibility index (Phi) is 3.99. The number of amides is 1. The Morgan fingerprint density at radius 3 is 2.80 bits per heavy atom. The van der Waals surface area contributed by atoms with E-state index in [-0.39, 0.29) is 11.4 Å². The number of hydrogen-bond acceptors (Lipinski definition) is 4. The number of pyridine rings is 1. The fraction of sp³-hybridized carbons (Fsp3) is 0.467. The third kappa shape index (κ3) is 2.77. The van der Waals surface area contributed by atoms with Gasteiger partial charge in [-0.3, -0.25) is 4.79 Å². The maximum Gasteiger partial charge on any atom is 0.263 e. The number of nitrogens with two attached hydrogens (primary N) is 1. The number of nitrogens with one attached hydrogen (secondary N) is 1. The summed E-state index contributed by atoms with van der Waals surface area (Å²) >= 11 is 1.36. The summed E-state index contributed by atoms with van der Waals surface area (Å²) in [6.45, 7) is 8.15. The second-order valence-corrected chi connectivity index (χ2v) is 6.74. The van der Waals surface area contributed by atoms with E-state index >= 15 is 0 Å². The highest BCUT2D eigenvalue weighted by Crippen LogP contribution is 2.34. The monoisotopic (exact) mass is 291 g/mol. The van der Waals surface area contributed by atoms with Crippen LogP contribution in [0, 0.1) is 6.92 Å². The first-order chi connectivity index (χ1) is 9.35. The average molecular weight is 291 g/mol. The number of hydrogen-bond donors (Lipinski definition) is 2. The lowest BCUT2D eigenvalue weighted by atomic mass is 9.99. The van der Waals surface area contributed by atoms with Gasteiger partial charge in [0.1, 0.15) is 9.71 Å². The Morgan fingerprint density at radius 1 is 1.50 bits per heavy atom. The first-order valence-corrected chi connectivity index (χ1v) is 7.63. The number of carbonyl (C=O) groups excluding carboxylic acids is 1. The van der Waals surface area contributed by atoms with Crippen LogP contribution in [0.3, 0.4) is 0 Å². The van der Waals surface area contributed by atoms with Crippen LogP contribution in [-0.2, 0) is 0 Å². The van der Waals surface area contributed by atoms with Gasteiger partial charge < -0.3 is 11.1 Å². The Morgan fingerprint density at radius 2 is 2.20 bits per heavy atom. The van der Waals surface area contributed by atoms with Gasteiger partial charge in [-0.1, -0.05) is 13.3 Å². The van der Waals surface area contributed by atoms with Gasteiger partial charge in [0.15, 0.2) is 0 Å². The molecule has 0 saturated heterocycles. The molecule has 2 aromatic heterocycles. The van der Waals surface area contributed by atoms with Crippen LogP contribution in [0.4, 0.5) is 5.69 Å². The first-order valence-electron chi connectivity index (χ1n) is 6.82. The molecule has 20 heavy (non-hydrogen) atoms. The molecule has 0 atom stereocenters. The van der Waals surface area contributed by atoms with E-state index in [1.54, 1.807) is 6.20 Å². The molecule has 4 nitrogen and oxygen atoms in total. The highest BCUT2D eigenvalue weighted by molar-refractivity contribution is 7.21. The van der Waals surface area contributed by atoms with Crippen LogP contribution in [-0.4, -0.2) is 16.4 Å². The molecule has 1 amide bonds. The molecule has 0 fully saturated rings. The lowest BCUT2D eigenvalue weighted by molar-refractivity contribution is 0.0914. The minimum Gasteiger partial charge on any atom is -0.397 e. The number of nitrogens with zero attached hydrogens (tertiary/aromatic N) is 1. The zero-order valence-electron chi connectivity index (χ0n) is 12.4. The van der Waals surface area contributed by atoms with E-state index in [0.717, 1.165) is 28.6 Å². The number of carbonyl (C=O) groups is 1. The van der Waals surface area contributed by atoms with Gasteiger partial charge in [-0.2, -0.15) is 0 Å². The average Bonchev–Trinajstić information content (AvgIpc) is 2.67. The number of rotatable bonds is 4. The van der Waals surface area contributed by atoms with Crippen LogP contribution in [0.25, 0.3) is 10.2 Å². The Hall–Kier alpha value is -1.62. The van der Waals surface area contributed by atoms with E-state index < -0.39 is 0 Å². The summed E-state index contributed by atoms with van der Waals surface area (Å²) in [5.41, 5.74) is 7.51. The topological polar surface area (TPSA) is 68.0 Å². The number of aromatic nitrogens is 1. The van der Waals surface area contributed by atoms with Crippen LogP contribution in [0.15, 0.2) is 12.3 Å². The van der Waals surface area contributed by atoms with Gasteiger partial charge in [-0.25, -0.2) is 4.98 Å². The fourth-order valence-electron chi connectivity index (χ4n) is 2.42. The highest BCUT2D eigenvalue weighted by Gasteiger charge is 2.24. The zero-order valence-corrected chi connectivity index (χ0v) is 13.2. The largest absolute Gasteiger partial charge is 0.397 e. The molecule has 5 heteroatoms.